The Morgan fingerprint density at radius 3 is 1.77 bits per heavy atom. The van der Waals surface area contributed by atoms with E-state index >= 15 is 0 Å². The van der Waals surface area contributed by atoms with E-state index in [1.807, 2.05) is 0 Å². The summed E-state index contributed by atoms with van der Waals surface area (Å²) in [5.41, 5.74) is -2.31. The van der Waals surface area contributed by atoms with E-state index in [-0.39, 0.29) is 24.1 Å². The summed E-state index contributed by atoms with van der Waals surface area (Å²) in [6.07, 6.45) is 0. The number of ether oxygens (including phenoxy) is 1. The van der Waals surface area contributed by atoms with E-state index < -0.39 is 44.3 Å². The van der Waals surface area contributed by atoms with E-state index in [9.17, 15) is 35.2 Å². The number of phenols is 2. The Hall–Kier alpha value is -4.47. The first kappa shape index (κ1) is 21.2. The highest BCUT2D eigenvalue weighted by Gasteiger charge is 2.49. The van der Waals surface area contributed by atoms with Crippen molar-refractivity contribution in [2.45, 2.75) is 13.0 Å². The summed E-state index contributed by atoms with van der Waals surface area (Å²) < 4.78 is 5.69. The first-order chi connectivity index (χ1) is 14.3. The largest absolute Gasteiger partial charge is 0.502 e. The van der Waals surface area contributed by atoms with Gasteiger partial charge in [0, 0.05) is 28.8 Å². The maximum absolute atomic E-state index is 12.6. The Morgan fingerprint density at radius 2 is 1.29 bits per heavy atom. The zero-order chi connectivity index (χ0) is 21.6. The van der Waals surface area contributed by atoms with E-state index in [4.69, 9.17) is 4.74 Å². The van der Waals surface area contributed by atoms with Gasteiger partial charge in [0.05, 0.1) is 15.4 Å². The van der Waals surface area contributed by atoms with E-state index in [0.29, 0.717) is 5.56 Å². The Morgan fingerprint density at radius 1 is 0.806 bits per heavy atom. The van der Waals surface area contributed by atoms with E-state index in [1.165, 1.54) is 18.2 Å². The molecular weight excluding hydrogens is 408 g/mol. The molecule has 10 nitrogen and oxygen atoms in total. The number of nitro groups is 2. The molecule has 0 spiro atoms. The first-order valence-electron chi connectivity index (χ1n) is 8.54. The number of aromatic hydroxyl groups is 2. The fourth-order valence-electron chi connectivity index (χ4n) is 3.59. The predicted molar refractivity (Wildman–Crippen MR) is 108 cm³/mol. The van der Waals surface area contributed by atoms with Gasteiger partial charge in [0.15, 0.2) is 17.1 Å². The number of carbonyl (C=O) groups excluding carboxylic acids is 1. The molecule has 2 N–H and O–H groups in total. The van der Waals surface area contributed by atoms with Crippen molar-refractivity contribution in [1.82, 2.24) is 0 Å². The molecule has 0 amide bonds. The number of benzene rings is 3. The molecule has 0 radical (unpaired) electrons. The van der Waals surface area contributed by atoms with Crippen LogP contribution >= 0.6 is 0 Å². The van der Waals surface area contributed by atoms with E-state index in [2.05, 4.69) is 0 Å². The maximum atomic E-state index is 12.6. The average Bonchev–Trinajstić information content (AvgIpc) is 3.02. The molecule has 0 fully saturated rings. The van der Waals surface area contributed by atoms with Crippen molar-refractivity contribution in [3.8, 4) is 11.5 Å². The van der Waals surface area contributed by atoms with Crippen LogP contribution < -0.4 is 0 Å². The second kappa shape index (κ2) is 7.41. The van der Waals surface area contributed by atoms with Gasteiger partial charge in [0.2, 0.25) is 0 Å². The van der Waals surface area contributed by atoms with E-state index in [0.717, 1.165) is 24.3 Å². The lowest BCUT2D eigenvalue weighted by Crippen LogP contribution is -2.29. The van der Waals surface area contributed by atoms with E-state index in [1.54, 1.807) is 18.2 Å². The zero-order valence-corrected chi connectivity index (χ0v) is 15.0. The Labute approximate surface area is 175 Å². The fraction of sp³-hybridized carbons (Fsp3) is 0.0952. The number of nitrogens with zero attached hydrogens (tertiary/aromatic N) is 2. The lowest BCUT2D eigenvalue weighted by atomic mass is 9.79. The lowest BCUT2D eigenvalue weighted by molar-refractivity contribution is -0.386. The summed E-state index contributed by atoms with van der Waals surface area (Å²) in [5.74, 6) is -1.90. The van der Waals surface area contributed by atoms with Crippen molar-refractivity contribution >= 4 is 17.3 Å². The highest BCUT2D eigenvalue weighted by molar-refractivity contribution is 5.96. The summed E-state index contributed by atoms with van der Waals surface area (Å²) in [6.45, 7) is 0. The van der Waals surface area contributed by atoms with Gasteiger partial charge < -0.3 is 14.9 Å². The predicted octanol–water partition coefficient (Wildman–Crippen LogP) is 4.01. The molecule has 31 heavy (non-hydrogen) atoms. The molecule has 0 aliphatic carbocycles. The summed E-state index contributed by atoms with van der Waals surface area (Å²) in [6, 6.07) is 13.2. The molecule has 158 valence electrons. The maximum Gasteiger partial charge on any atom is 0.340 e. The van der Waals surface area contributed by atoms with Crippen molar-refractivity contribution in [2.75, 3.05) is 0 Å². The van der Waals surface area contributed by atoms with Gasteiger partial charge >= 0.3 is 17.3 Å². The third-order valence-electron chi connectivity index (χ3n) is 4.93. The number of hydrogen-bond acceptors (Lipinski definition) is 8. The van der Waals surface area contributed by atoms with Gasteiger partial charge in [-0.05, 0) is 18.2 Å². The third kappa shape index (κ3) is 3.10. The molecule has 10 heteroatoms. The van der Waals surface area contributed by atoms with Gasteiger partial charge in [0.25, 0.3) is 0 Å². The van der Waals surface area contributed by atoms with Crippen molar-refractivity contribution < 1.29 is 29.6 Å². The summed E-state index contributed by atoms with van der Waals surface area (Å²) >= 11 is 0. The topological polar surface area (TPSA) is 153 Å². The van der Waals surface area contributed by atoms with Gasteiger partial charge in [-0.15, -0.1) is 0 Å². The molecule has 3 aromatic carbocycles. The minimum atomic E-state index is -1.76. The summed E-state index contributed by atoms with van der Waals surface area (Å²) in [7, 11) is 0. The van der Waals surface area contributed by atoms with Crippen molar-refractivity contribution in [2.24, 2.45) is 0 Å². The molecule has 4 rings (SSSR count). The zero-order valence-electron chi connectivity index (χ0n) is 15.0. The normalized spacial score (nSPS) is 13.6. The number of hydrogen-bond donors (Lipinski definition) is 2. The number of phenolic OH excluding ortho intramolecular Hbond substituents is 2. The minimum Gasteiger partial charge on any atom is -0.502 e. The third-order valence-corrected chi connectivity index (χ3v) is 4.93. The van der Waals surface area contributed by atoms with Crippen LogP contribution in [0.1, 0.15) is 34.5 Å². The summed E-state index contributed by atoms with van der Waals surface area (Å²) in [5, 5.41) is 42.3. The van der Waals surface area contributed by atoms with Gasteiger partial charge in [-0.25, -0.2) is 4.79 Å². The van der Waals surface area contributed by atoms with Gasteiger partial charge in [-0.3, -0.25) is 20.2 Å². The highest BCUT2D eigenvalue weighted by Crippen LogP contribution is 2.49. The molecule has 1 aliphatic rings. The number of rotatable bonds is 4. The van der Waals surface area contributed by atoms with Crippen LogP contribution in [0.15, 0.2) is 60.7 Å². The Bertz CT molecular complexity index is 1170. The van der Waals surface area contributed by atoms with Gasteiger partial charge in [-0.1, -0.05) is 37.8 Å². The smallest absolute Gasteiger partial charge is 0.340 e. The molecule has 0 bridgehead atoms. The average molecular weight is 424 g/mol. The first-order valence-corrected chi connectivity index (χ1v) is 8.54. The van der Waals surface area contributed by atoms with Crippen LogP contribution in [-0.4, -0.2) is 26.0 Å². The molecule has 0 saturated carbocycles. The minimum absolute atomic E-state index is 0. The molecule has 0 unspecified atom stereocenters. The van der Waals surface area contributed by atoms with Crippen LogP contribution in [0.3, 0.4) is 0 Å². The molecule has 3 aromatic rings. The SMILES string of the molecule is C.O=C1OC(c2ccc(O)c([N+](=O)[O-])c2)(c2ccc(O)c([N+](=O)[O-])c2)c2ccccc21. The molecule has 0 atom stereocenters. The number of carbonyl (C=O) groups is 1. The molecule has 1 aliphatic heterocycles. The van der Waals surface area contributed by atoms with Crippen LogP contribution in [0, 0.1) is 20.2 Å². The monoisotopic (exact) mass is 424 g/mol. The van der Waals surface area contributed by atoms with Crippen LogP contribution in [0.25, 0.3) is 0 Å². The Kier molecular flexibility index (Phi) is 5.08. The van der Waals surface area contributed by atoms with Gasteiger partial charge in [-0.2, -0.15) is 0 Å². The molecule has 1 heterocycles. The van der Waals surface area contributed by atoms with Crippen molar-refractivity contribution in [3.05, 3.63) is 103 Å². The highest BCUT2D eigenvalue weighted by atomic mass is 16.6. The van der Waals surface area contributed by atoms with Crippen LogP contribution in [0.5, 0.6) is 11.5 Å². The molecule has 0 saturated heterocycles. The van der Waals surface area contributed by atoms with Crippen LogP contribution in [0.4, 0.5) is 11.4 Å². The number of nitro benzene ring substituents is 2. The summed E-state index contributed by atoms with van der Waals surface area (Å²) in [4.78, 5) is 33.7. The standard InChI is InChI=1S/C20H12N2O8.CH4/c23-17-7-5-11(9-15(17)21(26)27)20(12-6-8-18(24)16(10-12)22(28)29)14-4-2-1-3-13(14)19(25)30-20;/h1-10,23-24H;1H4. The van der Waals surface area contributed by atoms with Crippen LogP contribution in [0.2, 0.25) is 0 Å². The van der Waals surface area contributed by atoms with Gasteiger partial charge in [0.1, 0.15) is 0 Å². The lowest BCUT2D eigenvalue weighted by Gasteiger charge is -2.30. The molecule has 0 aromatic heterocycles. The fourth-order valence-corrected chi connectivity index (χ4v) is 3.59. The number of fused-ring (bicyclic) bond motifs is 1. The second-order valence-electron chi connectivity index (χ2n) is 6.54. The second-order valence-corrected chi connectivity index (χ2v) is 6.54. The van der Waals surface area contributed by atoms with Crippen LogP contribution in [-0.2, 0) is 10.3 Å². The Balaban J connectivity index is 0.00000272. The number of cyclic esters (lactones) is 1. The number of esters is 1. The van der Waals surface area contributed by atoms with Crippen molar-refractivity contribution in [3.63, 3.8) is 0 Å². The molecular formula is C21H16N2O8. The van der Waals surface area contributed by atoms with Crippen molar-refractivity contribution in [1.29, 1.82) is 0 Å². The quantitative estimate of drug-likeness (QED) is 0.362.